The Balaban J connectivity index is 1.72. The number of rotatable bonds is 5. The maximum Gasteiger partial charge on any atom is 0.227 e. The average molecular weight is 320 g/mol. The molecule has 112 valence electrons. The minimum atomic E-state index is 0.138. The molecule has 0 spiro atoms. The van der Waals surface area contributed by atoms with Gasteiger partial charge in [0.05, 0.1) is 19.0 Å². The molecule has 3 heterocycles. The fourth-order valence-corrected chi connectivity index (χ4v) is 4.15. The van der Waals surface area contributed by atoms with Gasteiger partial charge in [0.2, 0.25) is 5.91 Å². The van der Waals surface area contributed by atoms with E-state index in [1.165, 1.54) is 9.75 Å². The molecule has 1 N–H and O–H groups in total. The summed E-state index contributed by atoms with van der Waals surface area (Å²) >= 11 is 3.44. The second-order valence-corrected chi connectivity index (χ2v) is 7.46. The number of hydrogen-bond donors (Lipinski definition) is 1. The van der Waals surface area contributed by atoms with Gasteiger partial charge in [0, 0.05) is 16.3 Å². The molecule has 1 atom stereocenters. The van der Waals surface area contributed by atoms with Gasteiger partial charge < -0.3 is 10.2 Å². The van der Waals surface area contributed by atoms with E-state index in [1.54, 1.807) is 22.7 Å². The topological polar surface area (TPSA) is 32.3 Å². The van der Waals surface area contributed by atoms with Crippen LogP contribution in [-0.4, -0.2) is 23.9 Å². The number of carbonyl (C=O) groups excluding carboxylic acids is 1. The maximum absolute atomic E-state index is 12.8. The van der Waals surface area contributed by atoms with Crippen LogP contribution in [0.1, 0.15) is 22.6 Å². The first-order chi connectivity index (χ1) is 10.3. The van der Waals surface area contributed by atoms with Crippen molar-refractivity contribution < 1.29 is 4.79 Å². The summed E-state index contributed by atoms with van der Waals surface area (Å²) in [6.07, 6.45) is 2.11. The molecule has 0 aromatic carbocycles. The van der Waals surface area contributed by atoms with E-state index in [9.17, 15) is 4.79 Å². The van der Waals surface area contributed by atoms with Crippen molar-refractivity contribution in [2.75, 3.05) is 13.1 Å². The highest BCUT2D eigenvalue weighted by atomic mass is 32.1. The predicted molar refractivity (Wildman–Crippen MR) is 88.5 cm³/mol. The molecule has 2 aromatic heterocycles. The van der Waals surface area contributed by atoms with E-state index in [-0.39, 0.29) is 5.92 Å². The summed E-state index contributed by atoms with van der Waals surface area (Å²) in [7, 11) is 0. The lowest BCUT2D eigenvalue weighted by atomic mass is 9.98. The molecule has 0 unspecified atom stereocenters. The molecule has 1 amide bonds. The predicted octanol–water partition coefficient (Wildman–Crippen LogP) is 3.34. The standard InChI is InChI=1S/C16H20N2OS2/c19-16(13-4-1-7-17-10-13)18(11-14-5-2-8-20-14)12-15-6-3-9-21-15/h2-3,5-6,8-9,13,17H,1,4,7,10-12H2/t13-/m1/s1. The lowest BCUT2D eigenvalue weighted by molar-refractivity contribution is -0.137. The number of carbonyl (C=O) groups is 1. The van der Waals surface area contributed by atoms with E-state index >= 15 is 0 Å². The Morgan fingerprint density at radius 1 is 1.19 bits per heavy atom. The Morgan fingerprint density at radius 2 is 1.86 bits per heavy atom. The Labute approximate surface area is 133 Å². The van der Waals surface area contributed by atoms with Gasteiger partial charge in [-0.15, -0.1) is 22.7 Å². The summed E-state index contributed by atoms with van der Waals surface area (Å²) in [4.78, 5) is 17.4. The van der Waals surface area contributed by atoms with Crippen molar-refractivity contribution in [3.63, 3.8) is 0 Å². The summed E-state index contributed by atoms with van der Waals surface area (Å²) in [5, 5.41) is 7.50. The number of hydrogen-bond acceptors (Lipinski definition) is 4. The van der Waals surface area contributed by atoms with Gasteiger partial charge in [0.1, 0.15) is 0 Å². The summed E-state index contributed by atoms with van der Waals surface area (Å²) in [6, 6.07) is 8.32. The van der Waals surface area contributed by atoms with Crippen LogP contribution in [-0.2, 0) is 17.9 Å². The van der Waals surface area contributed by atoms with Gasteiger partial charge in [0.15, 0.2) is 0 Å². The molecule has 0 radical (unpaired) electrons. The molecule has 0 aliphatic carbocycles. The van der Waals surface area contributed by atoms with Crippen LogP contribution in [0.5, 0.6) is 0 Å². The number of nitrogens with zero attached hydrogens (tertiary/aromatic N) is 1. The minimum absolute atomic E-state index is 0.138. The van der Waals surface area contributed by atoms with Crippen LogP contribution in [0, 0.1) is 5.92 Å². The van der Waals surface area contributed by atoms with Gasteiger partial charge in [-0.05, 0) is 42.3 Å². The molecule has 3 rings (SSSR count). The molecule has 0 saturated carbocycles. The van der Waals surface area contributed by atoms with Gasteiger partial charge in [-0.25, -0.2) is 0 Å². The lowest BCUT2D eigenvalue weighted by Gasteiger charge is -2.29. The van der Waals surface area contributed by atoms with Crippen LogP contribution in [0.2, 0.25) is 0 Å². The molecular formula is C16H20N2OS2. The fourth-order valence-electron chi connectivity index (χ4n) is 2.71. The number of piperidine rings is 1. The molecule has 1 saturated heterocycles. The largest absolute Gasteiger partial charge is 0.332 e. The fraction of sp³-hybridized carbons (Fsp3) is 0.438. The van der Waals surface area contributed by atoms with E-state index in [0.29, 0.717) is 5.91 Å². The average Bonchev–Trinajstić information content (AvgIpc) is 3.20. The van der Waals surface area contributed by atoms with Crippen molar-refractivity contribution in [2.24, 2.45) is 5.92 Å². The van der Waals surface area contributed by atoms with Crippen LogP contribution in [0.25, 0.3) is 0 Å². The Hall–Kier alpha value is -1.17. The second-order valence-electron chi connectivity index (χ2n) is 5.40. The van der Waals surface area contributed by atoms with E-state index in [0.717, 1.165) is 39.0 Å². The highest BCUT2D eigenvalue weighted by molar-refractivity contribution is 7.10. The smallest absolute Gasteiger partial charge is 0.227 e. The van der Waals surface area contributed by atoms with Crippen LogP contribution in [0.15, 0.2) is 35.0 Å². The normalized spacial score (nSPS) is 18.6. The molecule has 21 heavy (non-hydrogen) atoms. The van der Waals surface area contributed by atoms with Gasteiger partial charge in [-0.1, -0.05) is 12.1 Å². The maximum atomic E-state index is 12.8. The van der Waals surface area contributed by atoms with Crippen molar-refractivity contribution in [3.8, 4) is 0 Å². The SMILES string of the molecule is O=C([C@@H]1CCCNC1)N(Cc1cccs1)Cc1cccs1. The third-order valence-corrected chi connectivity index (χ3v) is 5.53. The Kier molecular flexibility index (Phi) is 5.06. The van der Waals surface area contributed by atoms with Crippen molar-refractivity contribution in [2.45, 2.75) is 25.9 Å². The van der Waals surface area contributed by atoms with Crippen molar-refractivity contribution in [1.82, 2.24) is 10.2 Å². The minimum Gasteiger partial charge on any atom is -0.332 e. The van der Waals surface area contributed by atoms with Gasteiger partial charge >= 0.3 is 0 Å². The number of amides is 1. The molecule has 1 aliphatic heterocycles. The zero-order valence-corrected chi connectivity index (χ0v) is 13.6. The molecule has 2 aromatic rings. The van der Waals surface area contributed by atoms with Crippen LogP contribution >= 0.6 is 22.7 Å². The van der Waals surface area contributed by atoms with Crippen LogP contribution in [0.3, 0.4) is 0 Å². The Bertz CT molecular complexity index is 509. The highest BCUT2D eigenvalue weighted by Gasteiger charge is 2.26. The number of thiophene rings is 2. The zero-order chi connectivity index (χ0) is 14.5. The van der Waals surface area contributed by atoms with Gasteiger partial charge in [0.25, 0.3) is 0 Å². The quantitative estimate of drug-likeness (QED) is 0.916. The van der Waals surface area contributed by atoms with Gasteiger partial charge in [-0.2, -0.15) is 0 Å². The monoisotopic (exact) mass is 320 g/mol. The van der Waals surface area contributed by atoms with Crippen LogP contribution < -0.4 is 5.32 Å². The molecule has 1 aliphatic rings. The third kappa shape index (κ3) is 3.93. The van der Waals surface area contributed by atoms with Gasteiger partial charge in [-0.3, -0.25) is 4.79 Å². The molecular weight excluding hydrogens is 300 g/mol. The second kappa shape index (κ2) is 7.20. The van der Waals surface area contributed by atoms with Crippen molar-refractivity contribution in [3.05, 3.63) is 44.8 Å². The van der Waals surface area contributed by atoms with E-state index < -0.39 is 0 Å². The summed E-state index contributed by atoms with van der Waals surface area (Å²) in [5.41, 5.74) is 0. The van der Waals surface area contributed by atoms with Crippen molar-refractivity contribution in [1.29, 1.82) is 0 Å². The van der Waals surface area contributed by atoms with Crippen molar-refractivity contribution >= 4 is 28.6 Å². The van der Waals surface area contributed by atoms with E-state index in [4.69, 9.17) is 0 Å². The van der Waals surface area contributed by atoms with E-state index in [2.05, 4.69) is 40.3 Å². The molecule has 0 bridgehead atoms. The molecule has 3 nitrogen and oxygen atoms in total. The Morgan fingerprint density at radius 3 is 2.33 bits per heavy atom. The van der Waals surface area contributed by atoms with E-state index in [1.807, 2.05) is 4.90 Å². The lowest BCUT2D eigenvalue weighted by Crippen LogP contribution is -2.42. The molecule has 5 heteroatoms. The first-order valence-corrected chi connectivity index (χ1v) is 9.13. The zero-order valence-electron chi connectivity index (χ0n) is 12.0. The summed E-state index contributed by atoms with van der Waals surface area (Å²) < 4.78 is 0. The first kappa shape index (κ1) is 14.8. The third-order valence-electron chi connectivity index (χ3n) is 3.81. The summed E-state index contributed by atoms with van der Waals surface area (Å²) in [5.74, 6) is 0.433. The highest BCUT2D eigenvalue weighted by Crippen LogP contribution is 2.21. The van der Waals surface area contributed by atoms with Crippen LogP contribution in [0.4, 0.5) is 0 Å². The molecule has 1 fully saturated rings. The first-order valence-electron chi connectivity index (χ1n) is 7.37. The number of nitrogens with one attached hydrogen (secondary N) is 1. The summed E-state index contributed by atoms with van der Waals surface area (Å²) in [6.45, 7) is 3.32.